The molecule has 19 heavy (non-hydrogen) atoms. The van der Waals surface area contributed by atoms with Crippen molar-refractivity contribution < 1.29 is 0 Å². The third kappa shape index (κ3) is 5.01. The molecule has 2 aromatic rings. The lowest BCUT2D eigenvalue weighted by molar-refractivity contribution is 0.667. The van der Waals surface area contributed by atoms with Gasteiger partial charge in [0.2, 0.25) is 0 Å². The summed E-state index contributed by atoms with van der Waals surface area (Å²) in [5, 5.41) is 14.1. The number of rotatable bonds is 7. The summed E-state index contributed by atoms with van der Waals surface area (Å²) in [6.07, 6.45) is 3.01. The van der Waals surface area contributed by atoms with Gasteiger partial charge in [0.1, 0.15) is 10.0 Å². The average molecular weight is 340 g/mol. The van der Waals surface area contributed by atoms with E-state index in [9.17, 15) is 0 Å². The molecule has 0 unspecified atom stereocenters. The molecule has 0 fully saturated rings. The molecule has 0 aliphatic rings. The van der Waals surface area contributed by atoms with Crippen LogP contribution in [0.4, 0.5) is 0 Å². The van der Waals surface area contributed by atoms with Crippen LogP contribution in [0.5, 0.6) is 0 Å². The van der Waals surface area contributed by atoms with Gasteiger partial charge in [0.15, 0.2) is 0 Å². The second-order valence-corrected chi connectivity index (χ2v) is 6.46. The highest BCUT2D eigenvalue weighted by Gasteiger charge is 2.05. The van der Waals surface area contributed by atoms with Crippen LogP contribution in [0.15, 0.2) is 28.7 Å². The number of aromatic nitrogens is 2. The first-order valence-corrected chi connectivity index (χ1v) is 8.15. The van der Waals surface area contributed by atoms with E-state index < -0.39 is 0 Å². The van der Waals surface area contributed by atoms with E-state index in [4.69, 9.17) is 0 Å². The van der Waals surface area contributed by atoms with Gasteiger partial charge in [-0.3, -0.25) is 0 Å². The van der Waals surface area contributed by atoms with Crippen molar-refractivity contribution >= 4 is 27.3 Å². The number of hydrogen-bond donors (Lipinski definition) is 1. The fraction of sp³-hybridized carbons (Fsp3) is 0.429. The van der Waals surface area contributed by atoms with Gasteiger partial charge in [0.05, 0.1) is 0 Å². The molecule has 3 nitrogen and oxygen atoms in total. The topological polar surface area (TPSA) is 37.8 Å². The molecule has 0 aliphatic heterocycles. The Morgan fingerprint density at radius 2 is 1.84 bits per heavy atom. The van der Waals surface area contributed by atoms with Gasteiger partial charge in [-0.05, 0) is 30.7 Å². The summed E-state index contributed by atoms with van der Waals surface area (Å²) in [4.78, 5) is 0. The highest BCUT2D eigenvalue weighted by Crippen LogP contribution is 2.17. The summed E-state index contributed by atoms with van der Waals surface area (Å²) < 4.78 is 1.11. The third-order valence-electron chi connectivity index (χ3n) is 2.72. The summed E-state index contributed by atoms with van der Waals surface area (Å²) in [5.41, 5.74) is 1.27. The molecule has 0 amide bonds. The Balaban J connectivity index is 1.85. The normalized spacial score (nSPS) is 10.8. The molecule has 0 spiro atoms. The van der Waals surface area contributed by atoms with E-state index in [1.807, 2.05) is 0 Å². The van der Waals surface area contributed by atoms with Gasteiger partial charge in [-0.2, -0.15) is 0 Å². The first kappa shape index (κ1) is 14.6. The Hall–Kier alpha value is -0.780. The lowest BCUT2D eigenvalue weighted by atomic mass is 10.2. The molecule has 102 valence electrons. The Bertz CT molecular complexity index is 496. The van der Waals surface area contributed by atoms with Crippen LogP contribution in [0.2, 0.25) is 0 Å². The maximum absolute atomic E-state index is 4.26. The average Bonchev–Trinajstić information content (AvgIpc) is 2.85. The maximum atomic E-state index is 4.26. The number of nitrogens with zero attached hydrogens (tertiary/aromatic N) is 2. The van der Waals surface area contributed by atoms with E-state index in [1.54, 1.807) is 11.3 Å². The number of nitrogens with one attached hydrogen (secondary N) is 1. The van der Waals surface area contributed by atoms with Gasteiger partial charge < -0.3 is 5.32 Å². The highest BCUT2D eigenvalue weighted by molar-refractivity contribution is 9.10. The predicted octanol–water partition coefficient (Wildman–Crippen LogP) is 3.43. The third-order valence-corrected chi connectivity index (χ3v) is 4.23. The zero-order valence-electron chi connectivity index (χ0n) is 11.0. The van der Waals surface area contributed by atoms with Gasteiger partial charge in [-0.25, -0.2) is 0 Å². The first-order valence-electron chi connectivity index (χ1n) is 6.54. The molecule has 0 bridgehead atoms. The Kier molecular flexibility index (Phi) is 5.94. The number of halogens is 1. The van der Waals surface area contributed by atoms with E-state index in [2.05, 4.69) is 62.6 Å². The van der Waals surface area contributed by atoms with Crippen molar-refractivity contribution in [1.29, 1.82) is 0 Å². The molecule has 0 saturated heterocycles. The van der Waals surface area contributed by atoms with Crippen LogP contribution in [0.1, 0.15) is 28.9 Å². The zero-order chi connectivity index (χ0) is 13.5. The molecule has 0 aliphatic carbocycles. The van der Waals surface area contributed by atoms with Crippen LogP contribution in [0, 0.1) is 0 Å². The minimum Gasteiger partial charge on any atom is -0.316 e. The summed E-state index contributed by atoms with van der Waals surface area (Å²) >= 11 is 5.16. The fourth-order valence-corrected chi connectivity index (χ4v) is 2.88. The number of benzene rings is 1. The van der Waals surface area contributed by atoms with Crippen LogP contribution >= 0.6 is 27.3 Å². The summed E-state index contributed by atoms with van der Waals surface area (Å²) in [5.74, 6) is 0. The smallest absolute Gasteiger partial charge is 0.121 e. The van der Waals surface area contributed by atoms with Gasteiger partial charge in [-0.15, -0.1) is 21.5 Å². The summed E-state index contributed by atoms with van der Waals surface area (Å²) in [6.45, 7) is 4.24. The van der Waals surface area contributed by atoms with Gasteiger partial charge in [0, 0.05) is 23.9 Å². The molecule has 1 N–H and O–H groups in total. The second kappa shape index (κ2) is 7.72. The monoisotopic (exact) mass is 339 g/mol. The molecule has 5 heteroatoms. The van der Waals surface area contributed by atoms with Crippen molar-refractivity contribution in [3.05, 3.63) is 44.3 Å². The van der Waals surface area contributed by atoms with Gasteiger partial charge >= 0.3 is 0 Å². The van der Waals surface area contributed by atoms with Crippen LogP contribution in [0.3, 0.4) is 0 Å². The van der Waals surface area contributed by atoms with Crippen molar-refractivity contribution in [3.8, 4) is 0 Å². The molecule has 0 saturated carbocycles. The van der Waals surface area contributed by atoms with Crippen LogP contribution in [-0.2, 0) is 12.8 Å². The summed E-state index contributed by atoms with van der Waals surface area (Å²) in [6, 6.07) is 8.36. The molecule has 1 aromatic carbocycles. The molecule has 0 radical (unpaired) electrons. The Morgan fingerprint density at radius 3 is 2.58 bits per heavy atom. The number of hydrogen-bond acceptors (Lipinski definition) is 4. The largest absolute Gasteiger partial charge is 0.316 e. The fourth-order valence-electron chi connectivity index (χ4n) is 1.73. The highest BCUT2D eigenvalue weighted by atomic mass is 79.9. The van der Waals surface area contributed by atoms with E-state index in [0.29, 0.717) is 0 Å². The van der Waals surface area contributed by atoms with E-state index >= 15 is 0 Å². The minimum absolute atomic E-state index is 0.868. The lowest BCUT2D eigenvalue weighted by Gasteiger charge is -1.99. The van der Waals surface area contributed by atoms with Gasteiger partial charge in [-0.1, -0.05) is 35.0 Å². The van der Waals surface area contributed by atoms with Crippen molar-refractivity contribution in [2.24, 2.45) is 0 Å². The quantitative estimate of drug-likeness (QED) is 0.785. The Labute approximate surface area is 126 Å². The van der Waals surface area contributed by atoms with Crippen LogP contribution in [0.25, 0.3) is 0 Å². The molecular formula is C14H18BrN3S. The first-order chi connectivity index (χ1) is 9.28. The van der Waals surface area contributed by atoms with Gasteiger partial charge in [0.25, 0.3) is 0 Å². The molecule has 2 rings (SSSR count). The predicted molar refractivity (Wildman–Crippen MR) is 83.7 cm³/mol. The maximum Gasteiger partial charge on any atom is 0.121 e. The molecular weight excluding hydrogens is 322 g/mol. The minimum atomic E-state index is 0.868. The van der Waals surface area contributed by atoms with E-state index in [-0.39, 0.29) is 0 Å². The van der Waals surface area contributed by atoms with Crippen LogP contribution < -0.4 is 5.32 Å². The molecule has 0 atom stereocenters. The second-order valence-electron chi connectivity index (χ2n) is 4.39. The van der Waals surface area contributed by atoms with Crippen molar-refractivity contribution in [2.75, 3.05) is 13.1 Å². The zero-order valence-corrected chi connectivity index (χ0v) is 13.4. The molecule has 1 heterocycles. The van der Waals surface area contributed by atoms with E-state index in [0.717, 1.165) is 40.4 Å². The molecule has 1 aromatic heterocycles. The lowest BCUT2D eigenvalue weighted by Crippen LogP contribution is -2.17. The summed E-state index contributed by atoms with van der Waals surface area (Å²) in [7, 11) is 0. The van der Waals surface area contributed by atoms with Crippen molar-refractivity contribution in [1.82, 2.24) is 15.5 Å². The standard InChI is InChI=1S/C14H18BrN3S/c1-2-8-16-9-7-13-17-18-14(19-13)10-11-3-5-12(15)6-4-11/h3-6,16H,2,7-10H2,1H3. The van der Waals surface area contributed by atoms with Crippen molar-refractivity contribution in [3.63, 3.8) is 0 Å². The SMILES string of the molecule is CCCNCCc1nnc(Cc2ccc(Br)cc2)s1. The van der Waals surface area contributed by atoms with Crippen LogP contribution in [-0.4, -0.2) is 23.3 Å². The Morgan fingerprint density at radius 1 is 1.11 bits per heavy atom. The van der Waals surface area contributed by atoms with E-state index in [1.165, 1.54) is 12.0 Å². The van der Waals surface area contributed by atoms with Crippen molar-refractivity contribution in [2.45, 2.75) is 26.2 Å².